The van der Waals surface area contributed by atoms with Crippen LogP contribution >= 0.6 is 0 Å². The predicted molar refractivity (Wildman–Crippen MR) is 256 cm³/mol. The topological polar surface area (TPSA) is 48.5 Å². The van der Waals surface area contributed by atoms with Crippen LogP contribution in [0.4, 0.5) is 0 Å². The van der Waals surface area contributed by atoms with E-state index in [4.69, 9.17) is 15.0 Å². The van der Waals surface area contributed by atoms with Gasteiger partial charge >= 0.3 is 0 Å². The van der Waals surface area contributed by atoms with Crippen molar-refractivity contribution in [2.24, 2.45) is 0 Å². The fourth-order valence-corrected chi connectivity index (χ4v) is 9.15. The van der Waals surface area contributed by atoms with Gasteiger partial charge in [0.25, 0.3) is 0 Å². The van der Waals surface area contributed by atoms with Crippen molar-refractivity contribution in [1.29, 1.82) is 0 Å². The van der Waals surface area contributed by atoms with E-state index in [1.54, 1.807) is 0 Å². The van der Waals surface area contributed by atoms with Gasteiger partial charge in [-0.15, -0.1) is 0 Å². The van der Waals surface area contributed by atoms with Gasteiger partial charge in [-0.3, -0.25) is 0 Å². The number of para-hydroxylation sites is 3. The summed E-state index contributed by atoms with van der Waals surface area (Å²) in [6, 6.07) is 79.4. The van der Waals surface area contributed by atoms with Crippen LogP contribution in [-0.4, -0.2) is 24.1 Å². The van der Waals surface area contributed by atoms with E-state index in [0.29, 0.717) is 17.5 Å². The Bertz CT molecular complexity index is 3500. The first-order valence-electron chi connectivity index (χ1n) is 21.0. The molecule has 0 amide bonds. The molecule has 12 rings (SSSR count). The number of rotatable bonds is 7. The summed E-state index contributed by atoms with van der Waals surface area (Å²) in [6.45, 7) is 0. The molecule has 0 atom stereocenters. The van der Waals surface area contributed by atoms with Crippen LogP contribution in [-0.2, 0) is 0 Å². The molecule has 5 nitrogen and oxygen atoms in total. The number of benzene rings is 9. The number of aromatic nitrogens is 5. The Morgan fingerprint density at radius 3 is 1.06 bits per heavy atom. The Hall–Kier alpha value is -8.41. The molecule has 0 aliphatic carbocycles. The molecule has 0 aliphatic heterocycles. The lowest BCUT2D eigenvalue weighted by atomic mass is 9.97. The molecule has 62 heavy (non-hydrogen) atoms. The van der Waals surface area contributed by atoms with Crippen molar-refractivity contribution >= 4 is 43.6 Å². The first-order chi connectivity index (χ1) is 30.8. The molecule has 0 spiro atoms. The molecular weight excluding hydrogens is 755 g/mol. The van der Waals surface area contributed by atoms with E-state index in [-0.39, 0.29) is 0 Å². The maximum absolute atomic E-state index is 5.31. The van der Waals surface area contributed by atoms with Gasteiger partial charge in [-0.2, -0.15) is 0 Å². The highest BCUT2D eigenvalue weighted by Crippen LogP contribution is 2.44. The Morgan fingerprint density at radius 2 is 0.597 bits per heavy atom. The van der Waals surface area contributed by atoms with E-state index in [0.717, 1.165) is 66.8 Å². The van der Waals surface area contributed by atoms with Gasteiger partial charge in [-0.25, -0.2) is 15.0 Å². The second-order valence-corrected chi connectivity index (χ2v) is 15.6. The monoisotopic (exact) mass is 791 g/mol. The molecule has 0 fully saturated rings. The van der Waals surface area contributed by atoms with Crippen molar-refractivity contribution in [3.05, 3.63) is 224 Å². The summed E-state index contributed by atoms with van der Waals surface area (Å²) in [5.41, 5.74) is 13.7. The molecule has 0 saturated carbocycles. The van der Waals surface area contributed by atoms with Crippen LogP contribution in [0.5, 0.6) is 0 Å². The van der Waals surface area contributed by atoms with Crippen LogP contribution in [0.2, 0.25) is 0 Å². The Morgan fingerprint density at radius 1 is 0.242 bits per heavy atom. The molecule has 3 aromatic heterocycles. The second kappa shape index (κ2) is 14.7. The summed E-state index contributed by atoms with van der Waals surface area (Å²) in [7, 11) is 0. The van der Waals surface area contributed by atoms with Gasteiger partial charge in [0.2, 0.25) is 0 Å². The lowest BCUT2D eigenvalue weighted by Gasteiger charge is -2.22. The van der Waals surface area contributed by atoms with Crippen molar-refractivity contribution < 1.29 is 0 Å². The molecule has 5 heteroatoms. The summed E-state index contributed by atoms with van der Waals surface area (Å²) < 4.78 is 4.89. The fourth-order valence-electron chi connectivity index (χ4n) is 9.15. The first-order valence-corrected chi connectivity index (χ1v) is 21.0. The van der Waals surface area contributed by atoms with Gasteiger partial charge in [-0.05, 0) is 53.1 Å². The average molecular weight is 792 g/mol. The quantitative estimate of drug-likeness (QED) is 0.162. The zero-order valence-electron chi connectivity index (χ0n) is 33.6. The van der Waals surface area contributed by atoms with E-state index in [1.165, 1.54) is 27.1 Å². The lowest BCUT2D eigenvalue weighted by Crippen LogP contribution is -2.06. The number of nitrogens with zero attached hydrogens (tertiary/aromatic N) is 5. The van der Waals surface area contributed by atoms with Crippen LogP contribution in [0, 0.1) is 0 Å². The second-order valence-electron chi connectivity index (χ2n) is 15.6. The summed E-state index contributed by atoms with van der Waals surface area (Å²) >= 11 is 0. The van der Waals surface area contributed by atoms with Crippen LogP contribution in [0.15, 0.2) is 224 Å². The summed E-state index contributed by atoms with van der Waals surface area (Å²) in [4.78, 5) is 15.7. The number of hydrogen-bond acceptors (Lipinski definition) is 3. The van der Waals surface area contributed by atoms with Crippen molar-refractivity contribution in [2.45, 2.75) is 0 Å². The van der Waals surface area contributed by atoms with Crippen molar-refractivity contribution in [2.75, 3.05) is 0 Å². The van der Waals surface area contributed by atoms with Crippen LogP contribution < -0.4 is 0 Å². The zero-order valence-corrected chi connectivity index (χ0v) is 33.6. The third-order valence-corrected chi connectivity index (χ3v) is 12.0. The van der Waals surface area contributed by atoms with E-state index >= 15 is 0 Å². The smallest absolute Gasteiger partial charge is 0.164 e. The largest absolute Gasteiger partial charge is 0.309 e. The maximum atomic E-state index is 5.31. The molecule has 290 valence electrons. The highest BCUT2D eigenvalue weighted by atomic mass is 15.1. The predicted octanol–water partition coefficient (Wildman–Crippen LogP) is 14.4. The molecule has 0 aliphatic rings. The first kappa shape index (κ1) is 35.5. The SMILES string of the molecule is c1ccc(-c2ccc3c4ccccc4n(-c4cc(-c5nc(-c6ccccc6)nc(-c6ccccc6)n5)cc(-n5c6ccccc6c6ccccc65)c4-c4ccccc4)c3c2)cc1. The molecule has 0 radical (unpaired) electrons. The van der Waals surface area contributed by atoms with Gasteiger partial charge in [0.05, 0.1) is 33.4 Å². The fraction of sp³-hybridized carbons (Fsp3) is 0. The molecular formula is C57H37N5. The van der Waals surface area contributed by atoms with Crippen LogP contribution in [0.1, 0.15) is 0 Å². The van der Waals surface area contributed by atoms with Crippen LogP contribution in [0.3, 0.4) is 0 Å². The minimum atomic E-state index is 0.589. The molecule has 9 aromatic carbocycles. The van der Waals surface area contributed by atoms with Crippen LogP contribution in [0.25, 0.3) is 111 Å². The maximum Gasteiger partial charge on any atom is 0.164 e. The molecule has 3 heterocycles. The van der Waals surface area contributed by atoms with Crippen molar-refractivity contribution in [3.8, 4) is 67.8 Å². The molecule has 12 aromatic rings. The average Bonchev–Trinajstić information content (AvgIpc) is 3.87. The van der Waals surface area contributed by atoms with E-state index < -0.39 is 0 Å². The third-order valence-electron chi connectivity index (χ3n) is 12.0. The Balaban J connectivity index is 1.26. The van der Waals surface area contributed by atoms with Gasteiger partial charge in [0.1, 0.15) is 0 Å². The highest BCUT2D eigenvalue weighted by molar-refractivity contribution is 6.12. The standard InChI is InChI=1S/C57H37N5/c1-5-19-38(20-6-1)42-33-34-47-46-29-15-18-32-50(46)62(51(47)35-42)53-37-43(57-59-55(40-23-9-3-10-24-40)58-56(60-57)41-25-11-4-12-26-41)36-52(54(53)39-21-7-2-8-22-39)61-48-30-16-13-27-44(48)45-28-14-17-31-49(45)61/h1-37H. The van der Waals surface area contributed by atoms with Crippen molar-refractivity contribution in [1.82, 2.24) is 24.1 Å². The summed E-state index contributed by atoms with van der Waals surface area (Å²) in [5.74, 6) is 1.82. The number of fused-ring (bicyclic) bond motifs is 6. The third kappa shape index (κ3) is 5.90. The number of hydrogen-bond donors (Lipinski definition) is 0. The summed E-state index contributed by atoms with van der Waals surface area (Å²) in [5, 5.41) is 4.75. The van der Waals surface area contributed by atoms with E-state index in [1.807, 2.05) is 36.4 Å². The lowest BCUT2D eigenvalue weighted by molar-refractivity contribution is 1.07. The normalized spacial score (nSPS) is 11.5. The molecule has 0 unspecified atom stereocenters. The van der Waals surface area contributed by atoms with E-state index in [9.17, 15) is 0 Å². The van der Waals surface area contributed by atoms with E-state index in [2.05, 4.69) is 197 Å². The van der Waals surface area contributed by atoms with Gasteiger partial charge < -0.3 is 9.13 Å². The van der Waals surface area contributed by atoms with Gasteiger partial charge in [-0.1, -0.05) is 188 Å². The molecule has 0 bridgehead atoms. The molecule has 0 N–H and O–H groups in total. The minimum Gasteiger partial charge on any atom is -0.309 e. The summed E-state index contributed by atoms with van der Waals surface area (Å²) in [6.07, 6.45) is 0. The Kier molecular flexibility index (Phi) is 8.42. The van der Waals surface area contributed by atoms with Gasteiger partial charge in [0, 0.05) is 43.8 Å². The zero-order chi connectivity index (χ0) is 41.0. The highest BCUT2D eigenvalue weighted by Gasteiger charge is 2.25. The molecule has 0 saturated heterocycles. The minimum absolute atomic E-state index is 0.589. The van der Waals surface area contributed by atoms with Crippen molar-refractivity contribution in [3.63, 3.8) is 0 Å². The van der Waals surface area contributed by atoms with Gasteiger partial charge in [0.15, 0.2) is 17.5 Å². The Labute approximate surface area is 358 Å².